The molecule has 1 rings (SSSR count). The van der Waals surface area contributed by atoms with E-state index in [9.17, 15) is 14.4 Å². The Bertz CT molecular complexity index is 554. The van der Waals surface area contributed by atoms with Crippen LogP contribution in [0.4, 0.5) is 0 Å². The number of nitrogens with two attached hydrogens (primary N) is 1. The first-order valence-corrected chi connectivity index (χ1v) is 7.34. The van der Waals surface area contributed by atoms with Gasteiger partial charge in [0.15, 0.2) is 0 Å². The van der Waals surface area contributed by atoms with E-state index in [1.807, 2.05) is 13.8 Å². The van der Waals surface area contributed by atoms with Gasteiger partial charge in [0.25, 0.3) is 0 Å². The molecule has 0 fully saturated rings. The second kappa shape index (κ2) is 8.77. The van der Waals surface area contributed by atoms with Crippen LogP contribution < -0.4 is 15.8 Å². The van der Waals surface area contributed by atoms with E-state index in [0.29, 0.717) is 17.7 Å². The van der Waals surface area contributed by atoms with Gasteiger partial charge in [0.05, 0.1) is 13.0 Å². The summed E-state index contributed by atoms with van der Waals surface area (Å²) in [6.45, 7) is 3.89. The smallest absolute Gasteiger partial charge is 0.326 e. The minimum atomic E-state index is -1.05. The van der Waals surface area contributed by atoms with Crippen LogP contribution in [0.3, 0.4) is 0 Å². The Balaban J connectivity index is 2.40. The number of hydrogen-bond acceptors (Lipinski definition) is 4. The number of ether oxygens (including phenoxy) is 1. The fraction of sp³-hybridized carbons (Fsp3) is 0.438. The number of carbonyl (C=O) groups excluding carboxylic acids is 2. The van der Waals surface area contributed by atoms with Crippen LogP contribution in [0.25, 0.3) is 0 Å². The zero-order valence-electron chi connectivity index (χ0n) is 13.2. The van der Waals surface area contributed by atoms with E-state index in [0.717, 1.165) is 0 Å². The molecule has 23 heavy (non-hydrogen) atoms. The van der Waals surface area contributed by atoms with Gasteiger partial charge in [-0.1, -0.05) is 13.8 Å². The largest absolute Gasteiger partial charge is 0.493 e. The molecule has 1 aromatic rings. The molecule has 0 aliphatic carbocycles. The lowest BCUT2D eigenvalue weighted by Crippen LogP contribution is -2.42. The number of rotatable bonds is 9. The number of benzene rings is 1. The molecule has 0 unspecified atom stereocenters. The lowest BCUT2D eigenvalue weighted by atomic mass is 10.0. The second-order valence-electron chi connectivity index (χ2n) is 5.57. The third kappa shape index (κ3) is 6.82. The molecule has 0 spiro atoms. The number of carboxylic acid groups (broad SMARTS) is 1. The molecule has 0 aliphatic rings. The lowest BCUT2D eigenvalue weighted by molar-refractivity contribution is -0.142. The van der Waals surface area contributed by atoms with Crippen molar-refractivity contribution in [1.29, 1.82) is 0 Å². The molecule has 7 heteroatoms. The van der Waals surface area contributed by atoms with Gasteiger partial charge < -0.3 is 20.9 Å². The van der Waals surface area contributed by atoms with Crippen molar-refractivity contribution >= 4 is 17.8 Å². The maximum atomic E-state index is 11.8. The summed E-state index contributed by atoms with van der Waals surface area (Å²) in [6.07, 6.45) is 0.413. The van der Waals surface area contributed by atoms with Gasteiger partial charge in [0.1, 0.15) is 11.8 Å². The fourth-order valence-electron chi connectivity index (χ4n) is 1.94. The molecule has 0 radical (unpaired) electrons. The van der Waals surface area contributed by atoms with Crippen LogP contribution in [0, 0.1) is 5.92 Å². The van der Waals surface area contributed by atoms with E-state index in [-0.39, 0.29) is 24.9 Å². The molecule has 4 N–H and O–H groups in total. The van der Waals surface area contributed by atoms with Crippen molar-refractivity contribution in [2.24, 2.45) is 11.7 Å². The van der Waals surface area contributed by atoms with Crippen LogP contribution in [-0.2, 0) is 9.59 Å². The number of aliphatic carboxylic acids is 1. The Morgan fingerprint density at radius 3 is 2.30 bits per heavy atom. The monoisotopic (exact) mass is 322 g/mol. The van der Waals surface area contributed by atoms with E-state index < -0.39 is 17.9 Å². The highest BCUT2D eigenvalue weighted by Crippen LogP contribution is 2.12. The van der Waals surface area contributed by atoms with Crippen LogP contribution >= 0.6 is 0 Å². The van der Waals surface area contributed by atoms with E-state index in [1.54, 1.807) is 12.1 Å². The van der Waals surface area contributed by atoms with Crippen molar-refractivity contribution in [3.8, 4) is 5.75 Å². The summed E-state index contributed by atoms with van der Waals surface area (Å²) in [5, 5.41) is 11.5. The zero-order chi connectivity index (χ0) is 17.4. The molecular formula is C16H22N2O5. The van der Waals surface area contributed by atoms with Crippen molar-refractivity contribution in [2.45, 2.75) is 32.7 Å². The van der Waals surface area contributed by atoms with Gasteiger partial charge in [-0.05, 0) is 36.6 Å². The minimum Gasteiger partial charge on any atom is -0.493 e. The molecular weight excluding hydrogens is 300 g/mol. The molecule has 126 valence electrons. The molecule has 1 atom stereocenters. The quantitative estimate of drug-likeness (QED) is 0.630. The summed E-state index contributed by atoms with van der Waals surface area (Å²) in [4.78, 5) is 33.8. The first-order chi connectivity index (χ1) is 10.8. The topological polar surface area (TPSA) is 119 Å². The Morgan fingerprint density at radius 1 is 1.22 bits per heavy atom. The molecule has 2 amide bonds. The Morgan fingerprint density at radius 2 is 1.83 bits per heavy atom. The number of carbonyl (C=O) groups is 3. The summed E-state index contributed by atoms with van der Waals surface area (Å²) in [5.41, 5.74) is 5.50. The molecule has 0 saturated carbocycles. The van der Waals surface area contributed by atoms with Crippen LogP contribution in [0.2, 0.25) is 0 Å². The number of carboxylic acids is 1. The highest BCUT2D eigenvalue weighted by molar-refractivity contribution is 5.92. The number of primary amides is 1. The number of hydrogen-bond donors (Lipinski definition) is 3. The van der Waals surface area contributed by atoms with Crippen LogP contribution in [-0.4, -0.2) is 35.5 Å². The zero-order valence-corrected chi connectivity index (χ0v) is 13.2. The average molecular weight is 322 g/mol. The van der Waals surface area contributed by atoms with Gasteiger partial charge in [-0.15, -0.1) is 0 Å². The van der Waals surface area contributed by atoms with Crippen LogP contribution in [0.5, 0.6) is 5.75 Å². The summed E-state index contributed by atoms with van der Waals surface area (Å²) in [6, 6.07) is 5.33. The standard InChI is InChI=1S/C16H22N2O5/c1-10(2)9-13(16(21)22)18-14(19)7-8-23-12-5-3-11(4-6-12)15(17)20/h3-6,10,13H,7-9H2,1-2H3,(H2,17,20)(H,18,19)(H,21,22)/t13-/m0/s1. The maximum Gasteiger partial charge on any atom is 0.326 e. The Hall–Kier alpha value is -2.57. The first kappa shape index (κ1) is 18.5. The summed E-state index contributed by atoms with van der Waals surface area (Å²) < 4.78 is 5.37. The van der Waals surface area contributed by atoms with Gasteiger partial charge in [-0.2, -0.15) is 0 Å². The van der Waals surface area contributed by atoms with Gasteiger partial charge in [0, 0.05) is 5.56 Å². The highest BCUT2D eigenvalue weighted by atomic mass is 16.5. The van der Waals surface area contributed by atoms with Crippen molar-refractivity contribution in [2.75, 3.05) is 6.61 Å². The van der Waals surface area contributed by atoms with Crippen LogP contribution in [0.1, 0.15) is 37.0 Å². The molecule has 0 bridgehead atoms. The maximum absolute atomic E-state index is 11.8. The fourth-order valence-corrected chi connectivity index (χ4v) is 1.94. The molecule has 0 saturated heterocycles. The Kier molecular flexibility index (Phi) is 7.05. The minimum absolute atomic E-state index is 0.0411. The van der Waals surface area contributed by atoms with Crippen LogP contribution in [0.15, 0.2) is 24.3 Å². The van der Waals surface area contributed by atoms with Gasteiger partial charge in [-0.25, -0.2) is 4.79 Å². The molecule has 0 aromatic heterocycles. The van der Waals surface area contributed by atoms with Crippen molar-refractivity contribution in [3.05, 3.63) is 29.8 Å². The second-order valence-corrected chi connectivity index (χ2v) is 5.57. The van der Waals surface area contributed by atoms with E-state index in [4.69, 9.17) is 15.6 Å². The normalized spacial score (nSPS) is 11.8. The van der Waals surface area contributed by atoms with Crippen molar-refractivity contribution < 1.29 is 24.2 Å². The van der Waals surface area contributed by atoms with E-state index >= 15 is 0 Å². The average Bonchev–Trinajstić information content (AvgIpc) is 2.46. The lowest BCUT2D eigenvalue weighted by Gasteiger charge is -2.16. The van der Waals surface area contributed by atoms with Crippen molar-refractivity contribution in [1.82, 2.24) is 5.32 Å². The van der Waals surface area contributed by atoms with Gasteiger partial charge in [-0.3, -0.25) is 9.59 Å². The third-order valence-corrected chi connectivity index (χ3v) is 3.08. The predicted molar refractivity (Wildman–Crippen MR) is 84.1 cm³/mol. The molecule has 0 heterocycles. The third-order valence-electron chi connectivity index (χ3n) is 3.08. The molecule has 1 aromatic carbocycles. The van der Waals surface area contributed by atoms with E-state index in [2.05, 4.69) is 5.32 Å². The summed E-state index contributed by atoms with van der Waals surface area (Å²) in [5.74, 6) is -1.29. The number of nitrogens with one attached hydrogen (secondary N) is 1. The Labute approximate surface area is 134 Å². The van der Waals surface area contributed by atoms with Crippen molar-refractivity contribution in [3.63, 3.8) is 0 Å². The number of amides is 2. The van der Waals surface area contributed by atoms with E-state index in [1.165, 1.54) is 12.1 Å². The summed E-state index contributed by atoms with van der Waals surface area (Å²) in [7, 11) is 0. The van der Waals surface area contributed by atoms with Gasteiger partial charge >= 0.3 is 5.97 Å². The SMILES string of the molecule is CC(C)C[C@H](NC(=O)CCOc1ccc(C(N)=O)cc1)C(=O)O. The predicted octanol–water partition coefficient (Wildman–Crippen LogP) is 1.17. The molecule has 0 aliphatic heterocycles. The van der Waals surface area contributed by atoms with Gasteiger partial charge in [0.2, 0.25) is 11.8 Å². The highest BCUT2D eigenvalue weighted by Gasteiger charge is 2.20. The summed E-state index contributed by atoms with van der Waals surface area (Å²) >= 11 is 0. The molecule has 7 nitrogen and oxygen atoms in total. The first-order valence-electron chi connectivity index (χ1n) is 7.34.